The summed E-state index contributed by atoms with van der Waals surface area (Å²) in [6.07, 6.45) is -0.380. The van der Waals surface area contributed by atoms with Crippen molar-refractivity contribution in [3.63, 3.8) is 0 Å². The number of benzene rings is 1. The van der Waals surface area contributed by atoms with E-state index in [-0.39, 0.29) is 24.0 Å². The number of rotatable bonds is 3. The van der Waals surface area contributed by atoms with Crippen LogP contribution in [-0.2, 0) is 0 Å². The van der Waals surface area contributed by atoms with E-state index in [1.54, 1.807) is 12.1 Å². The van der Waals surface area contributed by atoms with Gasteiger partial charge in [0.2, 0.25) is 0 Å². The van der Waals surface area contributed by atoms with E-state index in [1.165, 1.54) is 6.07 Å². The number of aliphatic hydroxyl groups excluding tert-OH is 1. The van der Waals surface area contributed by atoms with E-state index in [2.05, 4.69) is 5.32 Å². The maximum atomic E-state index is 13.7. The van der Waals surface area contributed by atoms with Crippen LogP contribution in [0.3, 0.4) is 0 Å². The van der Waals surface area contributed by atoms with Gasteiger partial charge in [0.15, 0.2) is 0 Å². The Labute approximate surface area is 101 Å². The first-order valence-electron chi connectivity index (χ1n) is 5.96. The van der Waals surface area contributed by atoms with E-state index >= 15 is 0 Å². The molecule has 3 unspecified atom stereocenters. The van der Waals surface area contributed by atoms with Gasteiger partial charge >= 0.3 is 0 Å². The van der Waals surface area contributed by atoms with Gasteiger partial charge in [-0.25, -0.2) is 4.39 Å². The van der Waals surface area contributed by atoms with Crippen LogP contribution in [0.5, 0.6) is 0 Å². The minimum atomic E-state index is -0.380. The third kappa shape index (κ3) is 2.49. The lowest BCUT2D eigenvalue weighted by atomic mass is 10.0. The zero-order valence-electron chi connectivity index (χ0n) is 10.2. The third-order valence-corrected chi connectivity index (χ3v) is 3.64. The summed E-state index contributed by atoms with van der Waals surface area (Å²) in [5.41, 5.74) is 0.675. The van der Waals surface area contributed by atoms with Gasteiger partial charge in [0.05, 0.1) is 6.10 Å². The van der Waals surface area contributed by atoms with Gasteiger partial charge in [-0.1, -0.05) is 18.2 Å². The highest BCUT2D eigenvalue weighted by molar-refractivity contribution is 5.21. The van der Waals surface area contributed by atoms with Gasteiger partial charge in [0, 0.05) is 30.7 Å². The average Bonchev–Trinajstić information content (AvgIpc) is 2.74. The highest BCUT2D eigenvalue weighted by Crippen LogP contribution is 2.25. The summed E-state index contributed by atoms with van der Waals surface area (Å²) < 4.78 is 13.7. The van der Waals surface area contributed by atoms with Gasteiger partial charge in [-0.3, -0.25) is 4.90 Å². The van der Waals surface area contributed by atoms with Gasteiger partial charge in [-0.05, 0) is 20.0 Å². The molecule has 0 amide bonds. The number of aliphatic hydroxyl groups is 1. The maximum Gasteiger partial charge on any atom is 0.127 e. The maximum absolute atomic E-state index is 13.7. The van der Waals surface area contributed by atoms with Crippen LogP contribution in [0.15, 0.2) is 24.3 Å². The lowest BCUT2D eigenvalue weighted by Gasteiger charge is -2.32. The minimum Gasteiger partial charge on any atom is -0.390 e. The van der Waals surface area contributed by atoms with Crippen LogP contribution in [0.25, 0.3) is 0 Å². The molecule has 0 aliphatic carbocycles. The van der Waals surface area contributed by atoms with Crippen LogP contribution < -0.4 is 5.32 Å². The van der Waals surface area contributed by atoms with Crippen LogP contribution in [-0.4, -0.2) is 42.3 Å². The quantitative estimate of drug-likeness (QED) is 0.829. The van der Waals surface area contributed by atoms with Crippen LogP contribution in [0, 0.1) is 5.82 Å². The molecule has 1 aliphatic rings. The third-order valence-electron chi connectivity index (χ3n) is 3.64. The van der Waals surface area contributed by atoms with Crippen LogP contribution >= 0.6 is 0 Å². The summed E-state index contributed by atoms with van der Waals surface area (Å²) in [5.74, 6) is -0.188. The van der Waals surface area contributed by atoms with Crippen LogP contribution in [0.4, 0.5) is 4.39 Å². The summed E-state index contributed by atoms with van der Waals surface area (Å²) in [6, 6.07) is 6.80. The van der Waals surface area contributed by atoms with E-state index in [0.29, 0.717) is 12.1 Å². The van der Waals surface area contributed by atoms with E-state index in [1.807, 2.05) is 24.9 Å². The standard InChI is InChI=1S/C13H19FN2O/c1-9(10-5-3-4-6-11(10)14)16(2)12-7-15-8-13(12)17/h3-6,9,12-13,15,17H,7-8H2,1-2H3. The largest absolute Gasteiger partial charge is 0.390 e. The number of β-amino-alcohol motifs (C(OH)–C–C–N with tert-alkyl or cyclic N) is 1. The molecule has 0 radical (unpaired) electrons. The first kappa shape index (κ1) is 12.5. The first-order chi connectivity index (χ1) is 8.11. The molecule has 1 saturated heterocycles. The highest BCUT2D eigenvalue weighted by atomic mass is 19.1. The Kier molecular flexibility index (Phi) is 3.76. The molecule has 0 aromatic heterocycles. The molecule has 4 heteroatoms. The smallest absolute Gasteiger partial charge is 0.127 e. The monoisotopic (exact) mass is 238 g/mol. The van der Waals surface area contributed by atoms with Crippen molar-refractivity contribution in [1.82, 2.24) is 10.2 Å². The van der Waals surface area contributed by atoms with E-state index in [0.717, 1.165) is 6.54 Å². The van der Waals surface area contributed by atoms with Crippen molar-refractivity contribution in [2.45, 2.75) is 25.1 Å². The molecule has 1 heterocycles. The molecule has 1 aliphatic heterocycles. The van der Waals surface area contributed by atoms with E-state index in [4.69, 9.17) is 0 Å². The molecule has 1 aromatic carbocycles. The molecule has 0 bridgehead atoms. The Morgan fingerprint density at radius 2 is 2.12 bits per heavy atom. The fraction of sp³-hybridized carbons (Fsp3) is 0.538. The summed E-state index contributed by atoms with van der Waals surface area (Å²) in [6.45, 7) is 3.32. The van der Waals surface area contributed by atoms with Crippen molar-refractivity contribution in [3.05, 3.63) is 35.6 Å². The molecule has 1 aromatic rings. The first-order valence-corrected chi connectivity index (χ1v) is 5.96. The van der Waals surface area contributed by atoms with Crippen LogP contribution in [0.1, 0.15) is 18.5 Å². The van der Waals surface area contributed by atoms with Crippen molar-refractivity contribution >= 4 is 0 Å². The van der Waals surface area contributed by atoms with Crippen molar-refractivity contribution in [1.29, 1.82) is 0 Å². The minimum absolute atomic E-state index is 0.0456. The lowest BCUT2D eigenvalue weighted by molar-refractivity contribution is 0.0767. The van der Waals surface area contributed by atoms with Crippen LogP contribution in [0.2, 0.25) is 0 Å². The van der Waals surface area contributed by atoms with Gasteiger partial charge < -0.3 is 10.4 Å². The summed E-state index contributed by atoms with van der Waals surface area (Å²) in [7, 11) is 1.93. The molecular weight excluding hydrogens is 219 g/mol. The van der Waals surface area contributed by atoms with Gasteiger partial charge in [0.1, 0.15) is 5.82 Å². The fourth-order valence-electron chi connectivity index (χ4n) is 2.39. The Hall–Kier alpha value is -0.970. The second-order valence-electron chi connectivity index (χ2n) is 4.66. The number of nitrogens with one attached hydrogen (secondary N) is 1. The van der Waals surface area contributed by atoms with Crippen molar-refractivity contribution < 1.29 is 9.50 Å². The average molecular weight is 238 g/mol. The molecule has 17 heavy (non-hydrogen) atoms. The topological polar surface area (TPSA) is 35.5 Å². The number of likely N-dealkylation sites (N-methyl/N-ethyl adjacent to an activating group) is 1. The Morgan fingerprint density at radius 3 is 2.71 bits per heavy atom. The Morgan fingerprint density at radius 1 is 1.41 bits per heavy atom. The van der Waals surface area contributed by atoms with Crippen molar-refractivity contribution in [2.75, 3.05) is 20.1 Å². The van der Waals surface area contributed by atoms with Gasteiger partial charge in [-0.2, -0.15) is 0 Å². The highest BCUT2D eigenvalue weighted by Gasteiger charge is 2.31. The molecule has 1 fully saturated rings. The normalized spacial score (nSPS) is 26.4. The zero-order chi connectivity index (χ0) is 12.4. The van der Waals surface area contributed by atoms with Crippen molar-refractivity contribution in [2.24, 2.45) is 0 Å². The summed E-state index contributed by atoms with van der Waals surface area (Å²) >= 11 is 0. The predicted octanol–water partition coefficient (Wildman–Crippen LogP) is 1.15. The molecule has 3 nitrogen and oxygen atoms in total. The molecule has 2 N–H and O–H groups in total. The predicted molar refractivity (Wildman–Crippen MR) is 65.2 cm³/mol. The Bertz CT molecular complexity index is 385. The molecule has 0 spiro atoms. The lowest BCUT2D eigenvalue weighted by Crippen LogP contribution is -2.42. The van der Waals surface area contributed by atoms with Gasteiger partial charge in [-0.15, -0.1) is 0 Å². The zero-order valence-corrected chi connectivity index (χ0v) is 10.2. The second kappa shape index (κ2) is 5.12. The van der Waals surface area contributed by atoms with Crippen molar-refractivity contribution in [3.8, 4) is 0 Å². The number of halogens is 1. The summed E-state index contributed by atoms with van der Waals surface area (Å²) in [5, 5.41) is 13.0. The van der Waals surface area contributed by atoms with E-state index < -0.39 is 0 Å². The SMILES string of the molecule is CC(c1ccccc1F)N(C)C1CNCC1O. The second-order valence-corrected chi connectivity index (χ2v) is 4.66. The number of nitrogens with zero attached hydrogens (tertiary/aromatic N) is 1. The number of hydrogen-bond donors (Lipinski definition) is 2. The number of hydrogen-bond acceptors (Lipinski definition) is 3. The molecule has 3 atom stereocenters. The van der Waals surface area contributed by atoms with Gasteiger partial charge in [0.25, 0.3) is 0 Å². The fourth-order valence-corrected chi connectivity index (χ4v) is 2.39. The Balaban J connectivity index is 2.14. The van der Waals surface area contributed by atoms with E-state index in [9.17, 15) is 9.50 Å². The molecular formula is C13H19FN2O. The summed E-state index contributed by atoms with van der Waals surface area (Å²) in [4.78, 5) is 2.03. The molecule has 94 valence electrons. The molecule has 2 rings (SSSR count). The molecule has 0 saturated carbocycles.